The standard InChI is InChI=1S/C17H13FO4S/c1-9-11(15(19)20)6-7-17(18,14(9)16(21)22)13-8-10-4-2-3-5-12(10)23-13/h2-8,14H,1H3,(H,19,20)(H,21,22). The zero-order chi connectivity index (χ0) is 16.8. The molecule has 2 aromatic rings. The summed E-state index contributed by atoms with van der Waals surface area (Å²) >= 11 is 1.18. The van der Waals surface area contributed by atoms with Crippen LogP contribution in [0.25, 0.3) is 10.1 Å². The number of thiophene rings is 1. The van der Waals surface area contributed by atoms with Crippen LogP contribution in [0.1, 0.15) is 11.8 Å². The highest BCUT2D eigenvalue weighted by Crippen LogP contribution is 2.47. The number of carbonyl (C=O) groups is 2. The highest BCUT2D eigenvalue weighted by molar-refractivity contribution is 7.19. The number of carboxylic acids is 2. The number of hydrogen-bond donors (Lipinski definition) is 2. The number of fused-ring (bicyclic) bond motifs is 1. The predicted octanol–water partition coefficient (Wildman–Crippen LogP) is 3.74. The molecule has 1 aliphatic rings. The van der Waals surface area contributed by atoms with E-state index in [1.165, 1.54) is 18.3 Å². The van der Waals surface area contributed by atoms with Crippen LogP contribution in [0.2, 0.25) is 0 Å². The van der Waals surface area contributed by atoms with Crippen LogP contribution in [-0.2, 0) is 15.3 Å². The van der Waals surface area contributed by atoms with E-state index < -0.39 is 23.5 Å². The predicted molar refractivity (Wildman–Crippen MR) is 85.2 cm³/mol. The monoisotopic (exact) mass is 332 g/mol. The van der Waals surface area contributed by atoms with Crippen molar-refractivity contribution in [2.45, 2.75) is 12.6 Å². The van der Waals surface area contributed by atoms with Gasteiger partial charge in [0.05, 0.1) is 5.57 Å². The number of rotatable bonds is 3. The zero-order valence-corrected chi connectivity index (χ0v) is 12.9. The normalized spacial score (nSPS) is 24.2. The number of benzene rings is 1. The van der Waals surface area contributed by atoms with Crippen molar-refractivity contribution >= 4 is 33.4 Å². The minimum absolute atomic E-state index is 0.00690. The molecule has 6 heteroatoms. The topological polar surface area (TPSA) is 74.6 Å². The van der Waals surface area contributed by atoms with Gasteiger partial charge in [0, 0.05) is 9.58 Å². The van der Waals surface area contributed by atoms with Gasteiger partial charge in [0.15, 0.2) is 5.67 Å². The molecule has 0 spiro atoms. The highest BCUT2D eigenvalue weighted by Gasteiger charge is 2.48. The van der Waals surface area contributed by atoms with E-state index in [9.17, 15) is 14.7 Å². The molecule has 1 aromatic heterocycles. The van der Waals surface area contributed by atoms with Crippen molar-refractivity contribution in [2.24, 2.45) is 5.92 Å². The smallest absolute Gasteiger partial charge is 0.335 e. The lowest BCUT2D eigenvalue weighted by Gasteiger charge is -2.31. The van der Waals surface area contributed by atoms with Crippen molar-refractivity contribution in [3.8, 4) is 0 Å². The Kier molecular flexibility index (Phi) is 3.56. The molecule has 0 radical (unpaired) electrons. The average molecular weight is 332 g/mol. The largest absolute Gasteiger partial charge is 0.481 e. The van der Waals surface area contributed by atoms with Gasteiger partial charge in [-0.25, -0.2) is 9.18 Å². The van der Waals surface area contributed by atoms with E-state index in [4.69, 9.17) is 5.11 Å². The Labute approximate surface area is 135 Å². The Morgan fingerprint density at radius 2 is 1.96 bits per heavy atom. The molecule has 0 amide bonds. The Hall–Kier alpha value is -2.47. The van der Waals surface area contributed by atoms with Crippen molar-refractivity contribution < 1.29 is 24.2 Å². The summed E-state index contributed by atoms with van der Waals surface area (Å²) in [5.41, 5.74) is -2.43. The van der Waals surface area contributed by atoms with Crippen molar-refractivity contribution in [1.82, 2.24) is 0 Å². The van der Waals surface area contributed by atoms with E-state index in [2.05, 4.69) is 0 Å². The van der Waals surface area contributed by atoms with Crippen molar-refractivity contribution in [2.75, 3.05) is 0 Å². The van der Waals surface area contributed by atoms with Gasteiger partial charge in [-0.2, -0.15) is 0 Å². The van der Waals surface area contributed by atoms with Crippen molar-refractivity contribution in [3.63, 3.8) is 0 Å². The van der Waals surface area contributed by atoms with Crippen LogP contribution in [0.4, 0.5) is 4.39 Å². The number of carboxylic acid groups (broad SMARTS) is 2. The summed E-state index contributed by atoms with van der Waals surface area (Å²) in [5, 5.41) is 19.5. The van der Waals surface area contributed by atoms with Crippen LogP contribution in [0, 0.1) is 5.92 Å². The fourth-order valence-electron chi connectivity index (χ4n) is 2.90. The summed E-state index contributed by atoms with van der Waals surface area (Å²) in [4.78, 5) is 23.1. The van der Waals surface area contributed by atoms with Crippen LogP contribution >= 0.6 is 11.3 Å². The molecule has 1 aliphatic carbocycles. The van der Waals surface area contributed by atoms with Gasteiger partial charge in [-0.1, -0.05) is 18.2 Å². The molecule has 4 nitrogen and oxygen atoms in total. The van der Waals surface area contributed by atoms with Gasteiger partial charge in [0.1, 0.15) is 5.92 Å². The third-order valence-corrected chi connectivity index (χ3v) is 5.29. The first-order valence-corrected chi connectivity index (χ1v) is 7.70. The van der Waals surface area contributed by atoms with Gasteiger partial charge < -0.3 is 10.2 Å². The second kappa shape index (κ2) is 5.31. The SMILES string of the molecule is CC1=C(C(=O)O)C=CC(F)(c2cc3ccccc3s2)C1C(=O)O. The lowest BCUT2D eigenvalue weighted by Crippen LogP contribution is -2.37. The Morgan fingerprint density at radius 1 is 1.26 bits per heavy atom. The highest BCUT2D eigenvalue weighted by atomic mass is 32.1. The number of alkyl halides is 1. The maximum Gasteiger partial charge on any atom is 0.335 e. The summed E-state index contributed by atoms with van der Waals surface area (Å²) in [6.45, 7) is 1.35. The van der Waals surface area contributed by atoms with Crippen LogP contribution in [-0.4, -0.2) is 22.2 Å². The quantitative estimate of drug-likeness (QED) is 0.898. The second-order valence-electron chi connectivity index (χ2n) is 5.42. The third kappa shape index (κ3) is 2.35. The number of halogens is 1. The summed E-state index contributed by atoms with van der Waals surface area (Å²) < 4.78 is 16.5. The molecular weight excluding hydrogens is 319 g/mol. The Bertz CT molecular complexity index is 847. The molecule has 2 unspecified atom stereocenters. The van der Waals surface area contributed by atoms with Crippen molar-refractivity contribution in [3.05, 3.63) is 58.5 Å². The first-order chi connectivity index (χ1) is 10.8. The summed E-state index contributed by atoms with van der Waals surface area (Å²) in [6, 6.07) is 8.93. The molecule has 118 valence electrons. The molecule has 3 rings (SSSR count). The summed E-state index contributed by atoms with van der Waals surface area (Å²) in [6.07, 6.45) is 2.20. The van der Waals surface area contributed by atoms with Gasteiger partial charge in [0.25, 0.3) is 0 Å². The van der Waals surface area contributed by atoms with Crippen LogP contribution in [0.15, 0.2) is 53.6 Å². The van der Waals surface area contributed by atoms with Crippen LogP contribution < -0.4 is 0 Å². The van der Waals surface area contributed by atoms with Gasteiger partial charge in [-0.3, -0.25) is 4.79 Å². The third-order valence-electron chi connectivity index (χ3n) is 4.05. The van der Waals surface area contributed by atoms with Gasteiger partial charge in [-0.05, 0) is 42.2 Å². The summed E-state index contributed by atoms with van der Waals surface area (Å²) in [7, 11) is 0. The van der Waals surface area contributed by atoms with Gasteiger partial charge in [-0.15, -0.1) is 11.3 Å². The maximum absolute atomic E-state index is 15.7. The van der Waals surface area contributed by atoms with E-state index in [1.54, 1.807) is 6.07 Å². The zero-order valence-electron chi connectivity index (χ0n) is 12.1. The fraction of sp³-hybridized carbons (Fsp3) is 0.176. The molecule has 1 aromatic carbocycles. The van der Waals surface area contributed by atoms with Gasteiger partial charge in [0.2, 0.25) is 0 Å². The first-order valence-electron chi connectivity index (χ1n) is 6.88. The molecule has 0 saturated carbocycles. The van der Waals surface area contributed by atoms with E-state index in [1.807, 2.05) is 24.3 Å². The van der Waals surface area contributed by atoms with Crippen LogP contribution in [0.3, 0.4) is 0 Å². The molecule has 0 bridgehead atoms. The average Bonchev–Trinajstić information content (AvgIpc) is 2.91. The molecule has 0 aliphatic heterocycles. The number of aliphatic carboxylic acids is 2. The second-order valence-corrected chi connectivity index (χ2v) is 6.51. The first kappa shape index (κ1) is 15.4. The van der Waals surface area contributed by atoms with Gasteiger partial charge >= 0.3 is 11.9 Å². The van der Waals surface area contributed by atoms with E-state index in [0.29, 0.717) is 0 Å². The van der Waals surface area contributed by atoms with Crippen molar-refractivity contribution in [1.29, 1.82) is 0 Å². The molecule has 2 atom stereocenters. The molecule has 2 N–H and O–H groups in total. The van der Waals surface area contributed by atoms with E-state index >= 15 is 4.39 Å². The Balaban J connectivity index is 2.18. The lowest BCUT2D eigenvalue weighted by molar-refractivity contribution is -0.144. The van der Waals surface area contributed by atoms with E-state index in [-0.39, 0.29) is 16.0 Å². The summed E-state index contributed by atoms with van der Waals surface area (Å²) in [5.74, 6) is -4.21. The fourth-order valence-corrected chi connectivity index (χ4v) is 4.06. The minimum Gasteiger partial charge on any atom is -0.481 e. The molecule has 23 heavy (non-hydrogen) atoms. The number of hydrogen-bond acceptors (Lipinski definition) is 3. The molecular formula is C17H13FO4S. The Morgan fingerprint density at radius 3 is 2.57 bits per heavy atom. The van der Waals surface area contributed by atoms with Crippen LogP contribution in [0.5, 0.6) is 0 Å². The molecule has 0 fully saturated rings. The molecule has 1 heterocycles. The molecule has 0 saturated heterocycles. The van der Waals surface area contributed by atoms with E-state index in [0.717, 1.165) is 22.2 Å². The lowest BCUT2D eigenvalue weighted by atomic mass is 9.76. The minimum atomic E-state index is -2.27. The number of allylic oxidation sites excluding steroid dienone is 1. The maximum atomic E-state index is 15.7.